The van der Waals surface area contributed by atoms with Crippen LogP contribution in [0.2, 0.25) is 5.02 Å². The summed E-state index contributed by atoms with van der Waals surface area (Å²) in [5.41, 5.74) is 4.18. The van der Waals surface area contributed by atoms with Gasteiger partial charge in [0.15, 0.2) is 0 Å². The predicted molar refractivity (Wildman–Crippen MR) is 77.8 cm³/mol. The van der Waals surface area contributed by atoms with Crippen LogP contribution in [-0.4, -0.2) is 20.2 Å². The molecule has 3 rings (SSSR count). The van der Waals surface area contributed by atoms with Crippen LogP contribution >= 0.6 is 11.6 Å². The fourth-order valence-corrected chi connectivity index (χ4v) is 2.25. The van der Waals surface area contributed by atoms with Gasteiger partial charge in [0.2, 0.25) is 0 Å². The summed E-state index contributed by atoms with van der Waals surface area (Å²) in [6.45, 7) is 3.14. The first-order valence-electron chi connectivity index (χ1n) is 6.24. The minimum atomic E-state index is -0.191. The average Bonchev–Trinajstić information content (AvgIpc) is 2.94. The number of nitrogens with zero attached hydrogens (tertiary/aromatic N) is 1. The summed E-state index contributed by atoms with van der Waals surface area (Å²) in [5, 5.41) is 10.9. The van der Waals surface area contributed by atoms with Gasteiger partial charge in [-0.15, -0.1) is 0 Å². The SMILES string of the molecule is Cc1[nH]nc(CNCc2ccc3[nH]c(=O)[nH]c3c2)c1Cl. The Kier molecular flexibility index (Phi) is 3.33. The lowest BCUT2D eigenvalue weighted by molar-refractivity contribution is 0.678. The Morgan fingerprint density at radius 2 is 2.05 bits per heavy atom. The molecular formula is C13H14ClN5O. The van der Waals surface area contributed by atoms with Crippen LogP contribution in [0.15, 0.2) is 23.0 Å². The minimum Gasteiger partial charge on any atom is -0.307 e. The number of hydrogen-bond acceptors (Lipinski definition) is 3. The molecule has 0 saturated heterocycles. The van der Waals surface area contributed by atoms with Crippen molar-refractivity contribution in [3.8, 4) is 0 Å². The van der Waals surface area contributed by atoms with Crippen molar-refractivity contribution >= 4 is 22.6 Å². The molecule has 0 spiro atoms. The maximum absolute atomic E-state index is 11.2. The third kappa shape index (κ3) is 2.48. The maximum atomic E-state index is 11.2. The molecule has 6 nitrogen and oxygen atoms in total. The standard InChI is InChI=1S/C13H14ClN5O/c1-7-12(14)11(19-18-7)6-15-5-8-2-3-9-10(4-8)17-13(20)16-9/h2-4,15H,5-6H2,1H3,(H,18,19)(H2,16,17,20). The van der Waals surface area contributed by atoms with E-state index in [0.29, 0.717) is 18.1 Å². The van der Waals surface area contributed by atoms with Crippen LogP contribution in [0.4, 0.5) is 0 Å². The van der Waals surface area contributed by atoms with E-state index in [0.717, 1.165) is 28.0 Å². The summed E-state index contributed by atoms with van der Waals surface area (Å²) in [7, 11) is 0. The number of imidazole rings is 1. The zero-order chi connectivity index (χ0) is 14.1. The molecule has 0 radical (unpaired) electrons. The van der Waals surface area contributed by atoms with E-state index < -0.39 is 0 Å². The molecule has 0 bridgehead atoms. The van der Waals surface area contributed by atoms with Crippen molar-refractivity contribution < 1.29 is 0 Å². The van der Waals surface area contributed by atoms with Crippen molar-refractivity contribution in [1.29, 1.82) is 0 Å². The molecule has 0 aliphatic carbocycles. The van der Waals surface area contributed by atoms with Gasteiger partial charge in [-0.3, -0.25) is 5.10 Å². The Balaban J connectivity index is 1.67. The number of hydrogen-bond donors (Lipinski definition) is 4. The molecule has 2 heterocycles. The molecule has 7 heteroatoms. The van der Waals surface area contributed by atoms with Gasteiger partial charge in [0.05, 0.1) is 27.4 Å². The lowest BCUT2D eigenvalue weighted by Crippen LogP contribution is -2.13. The summed E-state index contributed by atoms with van der Waals surface area (Å²) in [6, 6.07) is 5.80. The largest absolute Gasteiger partial charge is 0.323 e. The fourth-order valence-electron chi connectivity index (χ4n) is 2.10. The summed E-state index contributed by atoms with van der Waals surface area (Å²) in [4.78, 5) is 16.6. The minimum absolute atomic E-state index is 0.191. The predicted octanol–water partition coefficient (Wildman–Crippen LogP) is 1.83. The van der Waals surface area contributed by atoms with Crippen molar-refractivity contribution in [2.75, 3.05) is 0 Å². The van der Waals surface area contributed by atoms with Gasteiger partial charge in [-0.1, -0.05) is 17.7 Å². The zero-order valence-electron chi connectivity index (χ0n) is 10.9. The van der Waals surface area contributed by atoms with Gasteiger partial charge in [0.25, 0.3) is 0 Å². The molecule has 20 heavy (non-hydrogen) atoms. The Morgan fingerprint density at radius 3 is 2.80 bits per heavy atom. The number of nitrogens with one attached hydrogen (secondary N) is 4. The highest BCUT2D eigenvalue weighted by Gasteiger charge is 2.07. The summed E-state index contributed by atoms with van der Waals surface area (Å²) >= 11 is 6.09. The van der Waals surface area contributed by atoms with Crippen molar-refractivity contribution in [1.82, 2.24) is 25.5 Å². The van der Waals surface area contributed by atoms with Gasteiger partial charge in [-0.05, 0) is 24.6 Å². The molecule has 0 amide bonds. The Bertz CT molecular complexity index is 801. The second-order valence-corrected chi connectivity index (χ2v) is 5.05. The molecule has 3 aromatic rings. The molecule has 0 unspecified atom stereocenters. The summed E-state index contributed by atoms with van der Waals surface area (Å²) < 4.78 is 0. The molecule has 4 N–H and O–H groups in total. The highest BCUT2D eigenvalue weighted by atomic mass is 35.5. The quantitative estimate of drug-likeness (QED) is 0.591. The highest BCUT2D eigenvalue weighted by Crippen LogP contribution is 2.17. The highest BCUT2D eigenvalue weighted by molar-refractivity contribution is 6.31. The number of aromatic nitrogens is 4. The van der Waals surface area contributed by atoms with E-state index in [1.54, 1.807) is 0 Å². The average molecular weight is 292 g/mol. The molecule has 0 saturated carbocycles. The van der Waals surface area contributed by atoms with Crippen molar-refractivity contribution in [2.24, 2.45) is 0 Å². The van der Waals surface area contributed by atoms with Gasteiger partial charge >= 0.3 is 5.69 Å². The van der Waals surface area contributed by atoms with E-state index in [1.165, 1.54) is 0 Å². The number of aryl methyl sites for hydroxylation is 1. The molecule has 0 aliphatic rings. The van der Waals surface area contributed by atoms with Crippen LogP contribution in [0.3, 0.4) is 0 Å². The van der Waals surface area contributed by atoms with Crippen LogP contribution in [0.25, 0.3) is 11.0 Å². The van der Waals surface area contributed by atoms with E-state index >= 15 is 0 Å². The Morgan fingerprint density at radius 1 is 1.25 bits per heavy atom. The smallest absolute Gasteiger partial charge is 0.307 e. The van der Waals surface area contributed by atoms with Gasteiger partial charge < -0.3 is 15.3 Å². The first-order chi connectivity index (χ1) is 9.63. The van der Waals surface area contributed by atoms with Crippen LogP contribution in [0.1, 0.15) is 17.0 Å². The van der Waals surface area contributed by atoms with Gasteiger partial charge in [-0.2, -0.15) is 5.10 Å². The van der Waals surface area contributed by atoms with E-state index in [4.69, 9.17) is 11.6 Å². The molecule has 0 aliphatic heterocycles. The summed E-state index contributed by atoms with van der Waals surface area (Å²) in [6.07, 6.45) is 0. The van der Waals surface area contributed by atoms with E-state index in [1.807, 2.05) is 25.1 Å². The molecule has 104 valence electrons. The third-order valence-corrected chi connectivity index (χ3v) is 3.64. The molecule has 1 aromatic carbocycles. The number of rotatable bonds is 4. The first-order valence-corrected chi connectivity index (χ1v) is 6.62. The molecule has 2 aromatic heterocycles. The van der Waals surface area contributed by atoms with Crippen molar-refractivity contribution in [3.05, 3.63) is 50.7 Å². The van der Waals surface area contributed by atoms with Crippen molar-refractivity contribution in [3.63, 3.8) is 0 Å². The second-order valence-electron chi connectivity index (χ2n) is 4.67. The normalized spacial score (nSPS) is 11.3. The fraction of sp³-hybridized carbons (Fsp3) is 0.231. The maximum Gasteiger partial charge on any atom is 0.323 e. The first kappa shape index (κ1) is 13.0. The number of fused-ring (bicyclic) bond motifs is 1. The van der Waals surface area contributed by atoms with Crippen LogP contribution < -0.4 is 11.0 Å². The van der Waals surface area contributed by atoms with E-state index in [9.17, 15) is 4.79 Å². The Hall–Kier alpha value is -2.05. The third-order valence-electron chi connectivity index (χ3n) is 3.14. The van der Waals surface area contributed by atoms with Crippen LogP contribution in [0.5, 0.6) is 0 Å². The topological polar surface area (TPSA) is 89.4 Å². The van der Waals surface area contributed by atoms with Gasteiger partial charge in [0, 0.05) is 13.1 Å². The second kappa shape index (κ2) is 5.15. The number of aromatic amines is 3. The lowest BCUT2D eigenvalue weighted by Gasteiger charge is -2.03. The van der Waals surface area contributed by atoms with Gasteiger partial charge in [0.1, 0.15) is 0 Å². The van der Waals surface area contributed by atoms with Crippen LogP contribution in [-0.2, 0) is 13.1 Å². The number of benzene rings is 1. The zero-order valence-corrected chi connectivity index (χ0v) is 11.6. The lowest BCUT2D eigenvalue weighted by atomic mass is 10.2. The van der Waals surface area contributed by atoms with Crippen LogP contribution in [0, 0.1) is 6.92 Å². The monoisotopic (exact) mass is 291 g/mol. The molecule has 0 atom stereocenters. The molecule has 0 fully saturated rings. The van der Waals surface area contributed by atoms with E-state index in [2.05, 4.69) is 25.5 Å². The summed E-state index contributed by atoms with van der Waals surface area (Å²) in [5.74, 6) is 0. The molecular weight excluding hydrogens is 278 g/mol. The number of halogens is 1. The number of H-pyrrole nitrogens is 3. The van der Waals surface area contributed by atoms with E-state index in [-0.39, 0.29) is 5.69 Å². The Labute approximate surface area is 119 Å². The van der Waals surface area contributed by atoms with Crippen molar-refractivity contribution in [2.45, 2.75) is 20.0 Å². The van der Waals surface area contributed by atoms with Gasteiger partial charge in [-0.25, -0.2) is 4.79 Å².